The predicted octanol–water partition coefficient (Wildman–Crippen LogP) is 12.2. The van der Waals surface area contributed by atoms with Crippen LogP contribution in [0.3, 0.4) is 0 Å². The van der Waals surface area contributed by atoms with Crippen molar-refractivity contribution in [3.63, 3.8) is 0 Å². The van der Waals surface area contributed by atoms with Gasteiger partial charge in [0.25, 0.3) is 0 Å². The summed E-state index contributed by atoms with van der Waals surface area (Å²) in [6.07, 6.45) is 4.64. The van der Waals surface area contributed by atoms with E-state index in [1.54, 1.807) is 0 Å². The highest BCUT2D eigenvalue weighted by Gasteiger charge is 2.32. The van der Waals surface area contributed by atoms with E-state index in [1.807, 2.05) is 24.3 Å². The Morgan fingerprint density at radius 2 is 0.530 bits per heavy atom. The number of hydrogen-bond donors (Lipinski definition) is 2. The van der Waals surface area contributed by atoms with Crippen molar-refractivity contribution in [3.05, 3.63) is 164 Å². The minimum Gasteiger partial charge on any atom is -0.354 e. The zero-order valence-electron chi connectivity index (χ0n) is 32.5. The number of hydrogen-bond acceptors (Lipinski definition) is 6. The summed E-state index contributed by atoms with van der Waals surface area (Å²) < 4.78 is 153. The van der Waals surface area contributed by atoms with E-state index in [2.05, 4.69) is 15.0 Å². The fraction of sp³-hybridized carbons (Fsp3) is 0. The molecule has 4 aromatic carbocycles. The lowest BCUT2D eigenvalue weighted by molar-refractivity contribution is 0.381. The first-order valence-corrected chi connectivity index (χ1v) is 18.8. The topological polar surface area (TPSA) is 153 Å². The van der Waals surface area contributed by atoms with Crippen LogP contribution < -0.4 is 0 Å². The maximum Gasteiger partial charge on any atom is 0.200 e. The van der Waals surface area contributed by atoms with Crippen LogP contribution in [0.2, 0.25) is 0 Å². The van der Waals surface area contributed by atoms with Crippen molar-refractivity contribution in [2.45, 2.75) is 0 Å². The maximum atomic E-state index is 16.0. The van der Waals surface area contributed by atoms with E-state index in [4.69, 9.17) is 4.98 Å². The molecule has 8 nitrogen and oxygen atoms in total. The SMILES string of the molecule is N#Cc1cccc(C#N)c1-c1c2nc(c(-c3c(C#N)cccc3C#N)c3ccc([nH]3)c(-c3c(F)c(F)c(F)c(F)c3F)c3nc(c(-c4c(F)c(F)c(F)c(F)c4F)c4ccc1[nH]4)C=C3)C=C2. The standard InChI is InChI=1S/C48H16F10N8/c49-39-37(40(50)44(54)47(57)43(39)53)35-27-11-9-25(64-27)33(31-19(15-59)3-1-4-20(31)16-60)23-7-8-24(63-23)34(32-21(17-61)5-2-6-22(32)18-62)26-10-12-28(65-26)36(30-14-13-29(35)66-30)38-41(51)45(55)48(58)46(56)42(38)52/h1-14,64-65H. The van der Waals surface area contributed by atoms with Crippen LogP contribution in [-0.4, -0.2) is 19.9 Å². The number of aromatic nitrogens is 4. The van der Waals surface area contributed by atoms with Gasteiger partial charge in [0, 0.05) is 55.4 Å². The highest BCUT2D eigenvalue weighted by molar-refractivity contribution is 6.02. The van der Waals surface area contributed by atoms with Crippen molar-refractivity contribution in [3.8, 4) is 68.8 Å². The van der Waals surface area contributed by atoms with Crippen LogP contribution in [0.1, 0.15) is 45.0 Å². The van der Waals surface area contributed by atoms with Gasteiger partial charge in [-0.2, -0.15) is 21.0 Å². The number of H-pyrrole nitrogens is 2. The number of nitrogens with one attached hydrogen (secondary N) is 2. The molecule has 318 valence electrons. The van der Waals surface area contributed by atoms with Crippen molar-refractivity contribution in [2.24, 2.45) is 0 Å². The molecule has 0 radical (unpaired) electrons. The monoisotopic (exact) mass is 894 g/mol. The second kappa shape index (κ2) is 15.8. The molecule has 0 aliphatic carbocycles. The Kier molecular flexibility index (Phi) is 10.1. The van der Waals surface area contributed by atoms with Gasteiger partial charge in [-0.25, -0.2) is 53.9 Å². The number of benzene rings is 4. The molecule has 2 aliphatic rings. The molecular formula is C48H16F10N8. The Morgan fingerprint density at radius 1 is 0.303 bits per heavy atom. The maximum absolute atomic E-state index is 16.0. The van der Waals surface area contributed by atoms with Crippen LogP contribution >= 0.6 is 0 Å². The Labute approximate surface area is 363 Å². The van der Waals surface area contributed by atoms with Crippen LogP contribution in [-0.2, 0) is 0 Å². The summed E-state index contributed by atoms with van der Waals surface area (Å²) in [5, 5.41) is 41.2. The van der Waals surface area contributed by atoms with Crippen LogP contribution in [0.15, 0.2) is 60.7 Å². The molecule has 0 saturated carbocycles. The third-order valence-electron chi connectivity index (χ3n) is 10.8. The first kappa shape index (κ1) is 42.1. The molecule has 0 atom stereocenters. The lowest BCUT2D eigenvalue weighted by atomic mass is 9.94. The fourth-order valence-electron chi connectivity index (χ4n) is 7.92. The third kappa shape index (κ3) is 6.27. The second-order valence-corrected chi connectivity index (χ2v) is 14.3. The first-order chi connectivity index (χ1) is 31.7. The molecule has 0 saturated heterocycles. The van der Waals surface area contributed by atoms with Crippen LogP contribution in [0, 0.1) is 103 Å². The minimum absolute atomic E-state index is 0.0243. The summed E-state index contributed by atoms with van der Waals surface area (Å²) in [5.74, 6) is -23.9. The molecule has 7 aromatic rings. The number of nitriles is 4. The number of aromatic amines is 2. The first-order valence-electron chi connectivity index (χ1n) is 18.8. The largest absolute Gasteiger partial charge is 0.354 e. The van der Waals surface area contributed by atoms with E-state index in [0.717, 1.165) is 24.3 Å². The van der Waals surface area contributed by atoms with Gasteiger partial charge in [-0.3, -0.25) is 0 Å². The lowest BCUT2D eigenvalue weighted by Crippen LogP contribution is -2.05. The van der Waals surface area contributed by atoms with Crippen molar-refractivity contribution in [1.82, 2.24) is 19.9 Å². The molecule has 9 rings (SSSR count). The third-order valence-corrected chi connectivity index (χ3v) is 10.8. The van der Waals surface area contributed by atoms with E-state index < -0.39 is 103 Å². The van der Waals surface area contributed by atoms with E-state index in [9.17, 15) is 29.8 Å². The van der Waals surface area contributed by atoms with Crippen LogP contribution in [0.5, 0.6) is 0 Å². The van der Waals surface area contributed by atoms with Gasteiger partial charge in [0.1, 0.15) is 0 Å². The Morgan fingerprint density at radius 3 is 0.773 bits per heavy atom. The van der Waals surface area contributed by atoms with Crippen molar-refractivity contribution >= 4 is 46.4 Å². The van der Waals surface area contributed by atoms with Gasteiger partial charge in [0.2, 0.25) is 11.6 Å². The molecule has 66 heavy (non-hydrogen) atoms. The van der Waals surface area contributed by atoms with Gasteiger partial charge in [-0.15, -0.1) is 0 Å². The molecule has 3 aromatic heterocycles. The molecular weight excluding hydrogens is 879 g/mol. The summed E-state index contributed by atoms with van der Waals surface area (Å²) in [7, 11) is 0. The summed E-state index contributed by atoms with van der Waals surface area (Å²) in [4.78, 5) is 14.8. The van der Waals surface area contributed by atoms with Crippen LogP contribution in [0.4, 0.5) is 43.9 Å². The van der Waals surface area contributed by atoms with E-state index >= 15 is 35.1 Å². The number of rotatable bonds is 4. The van der Waals surface area contributed by atoms with Gasteiger partial charge in [-0.1, -0.05) is 12.1 Å². The summed E-state index contributed by atoms with van der Waals surface area (Å²) in [5.41, 5.74) is -7.76. The number of nitrogens with zero attached hydrogens (tertiary/aromatic N) is 6. The van der Waals surface area contributed by atoms with Gasteiger partial charge in [-0.05, 0) is 72.8 Å². The Hall–Kier alpha value is -9.26. The zero-order valence-corrected chi connectivity index (χ0v) is 32.5. The zero-order chi connectivity index (χ0) is 46.9. The van der Waals surface area contributed by atoms with Gasteiger partial charge >= 0.3 is 0 Å². The average Bonchev–Trinajstić information content (AvgIpc) is 4.19. The molecule has 0 spiro atoms. The van der Waals surface area contributed by atoms with E-state index in [-0.39, 0.29) is 66.9 Å². The summed E-state index contributed by atoms with van der Waals surface area (Å²) in [6, 6.07) is 21.1. The predicted molar refractivity (Wildman–Crippen MR) is 219 cm³/mol. The molecule has 0 unspecified atom stereocenters. The molecule has 2 aliphatic heterocycles. The average molecular weight is 895 g/mol. The second-order valence-electron chi connectivity index (χ2n) is 14.3. The molecule has 2 N–H and O–H groups in total. The van der Waals surface area contributed by atoms with E-state index in [1.165, 1.54) is 60.7 Å². The highest BCUT2D eigenvalue weighted by Crippen LogP contribution is 2.43. The Balaban J connectivity index is 1.60. The molecule has 0 fully saturated rings. The minimum atomic E-state index is -2.52. The lowest BCUT2D eigenvalue weighted by Gasteiger charge is -2.11. The van der Waals surface area contributed by atoms with Gasteiger partial charge in [0.15, 0.2) is 46.5 Å². The smallest absolute Gasteiger partial charge is 0.200 e. The fourth-order valence-corrected chi connectivity index (χ4v) is 7.92. The molecule has 8 bridgehead atoms. The highest BCUT2D eigenvalue weighted by atomic mass is 19.2. The molecule has 18 heteroatoms. The van der Waals surface area contributed by atoms with Crippen molar-refractivity contribution in [2.75, 3.05) is 0 Å². The number of fused-ring (bicyclic) bond motifs is 8. The van der Waals surface area contributed by atoms with Crippen molar-refractivity contribution < 1.29 is 43.9 Å². The van der Waals surface area contributed by atoms with Crippen LogP contribution in [0.25, 0.3) is 90.9 Å². The summed E-state index contributed by atoms with van der Waals surface area (Å²) in [6.45, 7) is 0. The normalized spacial score (nSPS) is 11.6. The van der Waals surface area contributed by atoms with Gasteiger partial charge < -0.3 is 9.97 Å². The quantitative estimate of drug-likeness (QED) is 0.102. The van der Waals surface area contributed by atoms with Crippen molar-refractivity contribution in [1.29, 1.82) is 21.0 Å². The van der Waals surface area contributed by atoms with E-state index in [0.29, 0.717) is 0 Å². The number of halogens is 10. The Bertz CT molecular complexity index is 3420. The van der Waals surface area contributed by atoms with Gasteiger partial charge in [0.05, 0.1) is 80.4 Å². The molecule has 5 heterocycles. The summed E-state index contributed by atoms with van der Waals surface area (Å²) >= 11 is 0. The molecule has 0 amide bonds.